The Bertz CT molecular complexity index is 261. The monoisotopic (exact) mass is 226 g/mol. The Balaban J connectivity index is 2.69. The second-order valence-corrected chi connectivity index (χ2v) is 5.96. The van der Waals surface area contributed by atoms with Crippen LogP contribution in [0.1, 0.15) is 34.1 Å². The molecule has 0 radical (unpaired) electrons. The highest BCUT2D eigenvalue weighted by atomic mass is 16.2. The highest BCUT2D eigenvalue weighted by Crippen LogP contribution is 2.28. The molecule has 1 heterocycles. The van der Waals surface area contributed by atoms with Gasteiger partial charge in [-0.1, -0.05) is 27.7 Å². The molecular formula is C13H26N2O. The fraction of sp³-hybridized carbons (Fsp3) is 0.923. The molecule has 0 saturated carbocycles. The second kappa shape index (κ2) is 4.74. The molecule has 94 valence electrons. The zero-order chi connectivity index (χ0) is 12.5. The Labute approximate surface area is 99.8 Å². The van der Waals surface area contributed by atoms with Gasteiger partial charge in [-0.25, -0.2) is 0 Å². The number of likely N-dealkylation sites (N-methyl/N-ethyl adjacent to an activating group) is 1. The lowest BCUT2D eigenvalue weighted by Crippen LogP contribution is -2.41. The minimum atomic E-state index is -0.207. The van der Waals surface area contributed by atoms with Crippen molar-refractivity contribution in [2.75, 3.05) is 27.2 Å². The minimum Gasteiger partial charge on any atom is -0.340 e. The van der Waals surface area contributed by atoms with Gasteiger partial charge in [0.05, 0.1) is 0 Å². The van der Waals surface area contributed by atoms with Crippen molar-refractivity contribution in [2.24, 2.45) is 11.3 Å². The van der Waals surface area contributed by atoms with Gasteiger partial charge in [-0.05, 0) is 26.4 Å². The van der Waals surface area contributed by atoms with Crippen LogP contribution in [0.4, 0.5) is 0 Å². The first-order chi connectivity index (χ1) is 7.29. The van der Waals surface area contributed by atoms with Crippen molar-refractivity contribution < 1.29 is 4.79 Å². The predicted molar refractivity (Wildman–Crippen MR) is 67.3 cm³/mol. The summed E-state index contributed by atoms with van der Waals surface area (Å²) in [5.74, 6) is 0.887. The number of carbonyl (C=O) groups is 1. The largest absolute Gasteiger partial charge is 0.340 e. The summed E-state index contributed by atoms with van der Waals surface area (Å²) in [7, 11) is 4.19. The van der Waals surface area contributed by atoms with Crippen molar-refractivity contribution in [2.45, 2.75) is 40.2 Å². The van der Waals surface area contributed by atoms with E-state index < -0.39 is 0 Å². The molecule has 16 heavy (non-hydrogen) atoms. The van der Waals surface area contributed by atoms with Crippen LogP contribution >= 0.6 is 0 Å². The third-order valence-electron chi connectivity index (χ3n) is 3.99. The smallest absolute Gasteiger partial charge is 0.228 e. The molecule has 0 spiro atoms. The van der Waals surface area contributed by atoms with Gasteiger partial charge in [-0.2, -0.15) is 0 Å². The van der Waals surface area contributed by atoms with E-state index in [4.69, 9.17) is 0 Å². The first-order valence-electron chi connectivity index (χ1n) is 6.25. The summed E-state index contributed by atoms with van der Waals surface area (Å²) in [6.45, 7) is 10.2. The Hall–Kier alpha value is -0.570. The van der Waals surface area contributed by atoms with Gasteiger partial charge in [-0.3, -0.25) is 4.79 Å². The summed E-state index contributed by atoms with van der Waals surface area (Å²) in [4.78, 5) is 16.6. The standard InChI is InChI=1S/C13H26N2O/c1-7-13(3,4)12(16)15-8-10(2)11(9-15)14(5)6/h10-11H,7-9H2,1-6H3. The first-order valence-corrected chi connectivity index (χ1v) is 6.25. The molecule has 0 N–H and O–H groups in total. The van der Waals surface area contributed by atoms with Gasteiger partial charge in [-0.15, -0.1) is 0 Å². The van der Waals surface area contributed by atoms with Crippen LogP contribution in [0.15, 0.2) is 0 Å². The summed E-state index contributed by atoms with van der Waals surface area (Å²) in [5.41, 5.74) is -0.207. The van der Waals surface area contributed by atoms with Crippen molar-refractivity contribution in [3.63, 3.8) is 0 Å². The van der Waals surface area contributed by atoms with Gasteiger partial charge < -0.3 is 9.80 Å². The van der Waals surface area contributed by atoms with E-state index in [1.165, 1.54) is 0 Å². The Morgan fingerprint density at radius 1 is 1.38 bits per heavy atom. The van der Waals surface area contributed by atoms with Crippen LogP contribution in [-0.4, -0.2) is 48.9 Å². The van der Waals surface area contributed by atoms with E-state index in [0.717, 1.165) is 19.5 Å². The van der Waals surface area contributed by atoms with Gasteiger partial charge in [0, 0.05) is 24.5 Å². The molecule has 3 nitrogen and oxygen atoms in total. The third-order valence-corrected chi connectivity index (χ3v) is 3.99. The fourth-order valence-electron chi connectivity index (χ4n) is 2.37. The SMILES string of the molecule is CCC(C)(C)C(=O)N1CC(C)C(N(C)C)C1. The molecule has 0 aliphatic carbocycles. The van der Waals surface area contributed by atoms with Crippen molar-refractivity contribution >= 4 is 5.91 Å². The maximum absolute atomic E-state index is 12.3. The number of amides is 1. The predicted octanol–water partition coefficient (Wildman–Crippen LogP) is 1.83. The quantitative estimate of drug-likeness (QED) is 0.733. The Kier molecular flexibility index (Phi) is 4.00. The van der Waals surface area contributed by atoms with Gasteiger partial charge in [0.15, 0.2) is 0 Å². The van der Waals surface area contributed by atoms with Crippen LogP contribution in [0.25, 0.3) is 0 Å². The topological polar surface area (TPSA) is 23.6 Å². The molecule has 1 aliphatic rings. The molecule has 1 rings (SSSR count). The van der Waals surface area contributed by atoms with E-state index in [1.54, 1.807) is 0 Å². The van der Waals surface area contributed by atoms with Crippen molar-refractivity contribution in [3.8, 4) is 0 Å². The lowest BCUT2D eigenvalue weighted by atomic mass is 9.88. The van der Waals surface area contributed by atoms with Crippen LogP contribution in [0.2, 0.25) is 0 Å². The van der Waals surface area contributed by atoms with Gasteiger partial charge in [0.25, 0.3) is 0 Å². The molecule has 0 bridgehead atoms. The molecule has 0 aromatic rings. The van der Waals surface area contributed by atoms with E-state index >= 15 is 0 Å². The van der Waals surface area contributed by atoms with Crippen LogP contribution in [-0.2, 0) is 4.79 Å². The highest BCUT2D eigenvalue weighted by Gasteiger charge is 2.38. The number of carbonyl (C=O) groups excluding carboxylic acids is 1. The lowest BCUT2D eigenvalue weighted by molar-refractivity contribution is -0.139. The number of likely N-dealkylation sites (tertiary alicyclic amines) is 1. The van der Waals surface area contributed by atoms with Crippen LogP contribution in [0.3, 0.4) is 0 Å². The summed E-state index contributed by atoms with van der Waals surface area (Å²) < 4.78 is 0. The van der Waals surface area contributed by atoms with Crippen LogP contribution in [0.5, 0.6) is 0 Å². The second-order valence-electron chi connectivity index (χ2n) is 5.96. The molecule has 2 atom stereocenters. The average Bonchev–Trinajstić information content (AvgIpc) is 2.59. The third kappa shape index (κ3) is 2.57. The molecule has 1 fully saturated rings. The number of hydrogen-bond donors (Lipinski definition) is 0. The van der Waals surface area contributed by atoms with Gasteiger partial charge in [0.2, 0.25) is 5.91 Å². The van der Waals surface area contributed by atoms with Crippen molar-refractivity contribution in [1.29, 1.82) is 0 Å². The molecular weight excluding hydrogens is 200 g/mol. The summed E-state index contributed by atoms with van der Waals surface area (Å²) >= 11 is 0. The number of hydrogen-bond acceptors (Lipinski definition) is 2. The highest BCUT2D eigenvalue weighted by molar-refractivity contribution is 5.82. The van der Waals surface area contributed by atoms with Crippen molar-refractivity contribution in [3.05, 3.63) is 0 Å². The van der Waals surface area contributed by atoms with Gasteiger partial charge in [0.1, 0.15) is 0 Å². The molecule has 1 amide bonds. The van der Waals surface area contributed by atoms with Crippen molar-refractivity contribution in [1.82, 2.24) is 9.80 Å². The van der Waals surface area contributed by atoms with Crippen LogP contribution in [0, 0.1) is 11.3 Å². The minimum absolute atomic E-state index is 0.207. The zero-order valence-electron chi connectivity index (χ0n) is 11.6. The normalized spacial score (nSPS) is 26.6. The summed E-state index contributed by atoms with van der Waals surface area (Å²) in [5, 5.41) is 0. The van der Waals surface area contributed by atoms with E-state index in [1.807, 2.05) is 18.7 Å². The van der Waals surface area contributed by atoms with E-state index in [9.17, 15) is 4.79 Å². The lowest BCUT2D eigenvalue weighted by Gasteiger charge is -2.28. The van der Waals surface area contributed by atoms with Crippen LogP contribution < -0.4 is 0 Å². The maximum Gasteiger partial charge on any atom is 0.228 e. The van der Waals surface area contributed by atoms with E-state index in [-0.39, 0.29) is 5.41 Å². The Morgan fingerprint density at radius 2 is 1.94 bits per heavy atom. The zero-order valence-corrected chi connectivity index (χ0v) is 11.6. The summed E-state index contributed by atoms with van der Waals surface area (Å²) in [6, 6.07) is 0.511. The molecule has 2 unspecified atom stereocenters. The van der Waals surface area contributed by atoms with Gasteiger partial charge >= 0.3 is 0 Å². The summed E-state index contributed by atoms with van der Waals surface area (Å²) in [6.07, 6.45) is 0.906. The molecule has 3 heteroatoms. The van der Waals surface area contributed by atoms with E-state index in [2.05, 4.69) is 32.8 Å². The average molecular weight is 226 g/mol. The number of rotatable bonds is 3. The first kappa shape index (κ1) is 13.5. The molecule has 0 aromatic heterocycles. The molecule has 0 aromatic carbocycles. The maximum atomic E-state index is 12.3. The molecule has 1 saturated heterocycles. The number of nitrogens with zero attached hydrogens (tertiary/aromatic N) is 2. The van der Waals surface area contributed by atoms with E-state index in [0.29, 0.717) is 17.9 Å². The Morgan fingerprint density at radius 3 is 2.31 bits per heavy atom. The fourth-order valence-corrected chi connectivity index (χ4v) is 2.37. The molecule has 1 aliphatic heterocycles.